The lowest BCUT2D eigenvalue weighted by Crippen LogP contribution is -2.35. The fraction of sp³-hybridized carbons (Fsp3) is 0.692. The van der Waals surface area contributed by atoms with Gasteiger partial charge >= 0.3 is 6.18 Å². The summed E-state index contributed by atoms with van der Waals surface area (Å²) in [5.41, 5.74) is 0.506. The molecule has 5 nitrogen and oxygen atoms in total. The molecule has 0 atom stereocenters. The van der Waals surface area contributed by atoms with Crippen LogP contribution < -0.4 is 15.8 Å². The first-order chi connectivity index (χ1) is 9.96. The third-order valence-corrected chi connectivity index (χ3v) is 3.40. The molecule has 1 aromatic rings. The largest absolute Gasteiger partial charge is 0.401 e. The van der Waals surface area contributed by atoms with Crippen LogP contribution in [0.4, 0.5) is 18.9 Å². The summed E-state index contributed by atoms with van der Waals surface area (Å²) in [4.78, 5) is 14.0. The highest BCUT2D eigenvalue weighted by Gasteiger charge is 2.25. The molecule has 0 bridgehead atoms. The van der Waals surface area contributed by atoms with Gasteiger partial charge in [-0.1, -0.05) is 0 Å². The lowest BCUT2D eigenvalue weighted by molar-refractivity contribution is -0.124. The third kappa shape index (κ3) is 5.04. The van der Waals surface area contributed by atoms with Crippen molar-refractivity contribution < 1.29 is 13.2 Å². The molecule has 21 heavy (non-hydrogen) atoms. The molecule has 0 amide bonds. The van der Waals surface area contributed by atoms with Crippen molar-refractivity contribution in [3.05, 3.63) is 22.6 Å². The monoisotopic (exact) mass is 304 g/mol. The van der Waals surface area contributed by atoms with Crippen LogP contribution in [0.5, 0.6) is 0 Å². The lowest BCUT2D eigenvalue weighted by atomic mass is 10.1. The summed E-state index contributed by atoms with van der Waals surface area (Å²) in [6.45, 7) is 0.939. The molecule has 1 N–H and O–H groups in total. The van der Waals surface area contributed by atoms with E-state index < -0.39 is 12.7 Å². The zero-order valence-corrected chi connectivity index (χ0v) is 11.7. The van der Waals surface area contributed by atoms with E-state index in [2.05, 4.69) is 15.3 Å². The number of piperidine rings is 1. The number of alkyl halides is 3. The van der Waals surface area contributed by atoms with E-state index in [1.165, 1.54) is 17.2 Å². The van der Waals surface area contributed by atoms with E-state index in [9.17, 15) is 18.0 Å². The molecule has 0 aliphatic carbocycles. The number of hydrogen-bond acceptors (Lipinski definition) is 4. The first kappa shape index (κ1) is 15.8. The van der Waals surface area contributed by atoms with Crippen molar-refractivity contribution in [1.82, 2.24) is 15.1 Å². The molecule has 8 heteroatoms. The molecule has 2 heterocycles. The normalized spacial score (nSPS) is 16.2. The molecular weight excluding hydrogens is 285 g/mol. The first-order valence-electron chi connectivity index (χ1n) is 7.05. The van der Waals surface area contributed by atoms with Gasteiger partial charge in [-0.3, -0.25) is 4.79 Å². The van der Waals surface area contributed by atoms with Gasteiger partial charge in [0.1, 0.15) is 0 Å². The summed E-state index contributed by atoms with van der Waals surface area (Å²) in [6.07, 6.45) is 0.772. The summed E-state index contributed by atoms with van der Waals surface area (Å²) < 4.78 is 37.1. The summed E-state index contributed by atoms with van der Waals surface area (Å²) in [5, 5.41) is 6.27. The summed E-state index contributed by atoms with van der Waals surface area (Å²) in [5.74, 6) is 0. The Hall–Kier alpha value is -1.57. The Kier molecular flexibility index (Phi) is 5.22. The standard InChI is InChI=1S/C13H19F3N4O/c14-13(15,16)10-17-4-7-20-12(21)8-11(9-18-20)19-5-2-1-3-6-19/h8-9,17H,1-7,10H2. The zero-order chi connectivity index (χ0) is 15.3. The fourth-order valence-corrected chi connectivity index (χ4v) is 2.33. The maximum absolute atomic E-state index is 12.0. The molecule has 0 spiro atoms. The van der Waals surface area contributed by atoms with Crippen LogP contribution in [0.1, 0.15) is 19.3 Å². The quantitative estimate of drug-likeness (QED) is 0.835. The zero-order valence-electron chi connectivity index (χ0n) is 11.7. The van der Waals surface area contributed by atoms with Gasteiger partial charge < -0.3 is 10.2 Å². The van der Waals surface area contributed by atoms with Crippen LogP contribution in [-0.4, -0.2) is 42.1 Å². The number of nitrogens with zero attached hydrogens (tertiary/aromatic N) is 3. The number of halogens is 3. The molecule has 118 valence electrons. The van der Waals surface area contributed by atoms with Gasteiger partial charge in [-0.25, -0.2) is 4.68 Å². The van der Waals surface area contributed by atoms with E-state index in [4.69, 9.17) is 0 Å². The average molecular weight is 304 g/mol. The Morgan fingerprint density at radius 1 is 1.24 bits per heavy atom. The first-order valence-corrected chi connectivity index (χ1v) is 7.05. The van der Waals surface area contributed by atoms with Crippen LogP contribution in [0.25, 0.3) is 0 Å². The molecule has 0 aromatic carbocycles. The van der Waals surface area contributed by atoms with Gasteiger partial charge in [0.15, 0.2) is 0 Å². The Labute approximate surface area is 120 Å². The minimum absolute atomic E-state index is 0.0511. The Bertz CT molecular complexity index is 509. The van der Waals surface area contributed by atoms with Crippen molar-refractivity contribution in [2.24, 2.45) is 0 Å². The average Bonchev–Trinajstić information content (AvgIpc) is 2.45. The molecule has 1 fully saturated rings. The molecule has 0 radical (unpaired) electrons. The number of aromatic nitrogens is 2. The molecule has 0 saturated carbocycles. The summed E-state index contributed by atoms with van der Waals surface area (Å²) in [6, 6.07) is 1.50. The van der Waals surface area contributed by atoms with Crippen molar-refractivity contribution in [3.63, 3.8) is 0 Å². The highest BCUT2D eigenvalue weighted by Crippen LogP contribution is 2.16. The van der Waals surface area contributed by atoms with Crippen molar-refractivity contribution in [2.75, 3.05) is 31.1 Å². The number of nitrogens with one attached hydrogen (secondary N) is 1. The topological polar surface area (TPSA) is 50.2 Å². The minimum atomic E-state index is -4.24. The molecule has 1 aliphatic rings. The van der Waals surface area contributed by atoms with Crippen molar-refractivity contribution >= 4 is 5.69 Å². The van der Waals surface area contributed by atoms with E-state index >= 15 is 0 Å². The van der Waals surface area contributed by atoms with E-state index in [0.717, 1.165) is 31.6 Å². The van der Waals surface area contributed by atoms with Gasteiger partial charge in [-0.2, -0.15) is 18.3 Å². The van der Waals surface area contributed by atoms with Crippen molar-refractivity contribution in [1.29, 1.82) is 0 Å². The SMILES string of the molecule is O=c1cc(N2CCCCC2)cnn1CCNCC(F)(F)F. The molecule has 2 rings (SSSR count). The van der Waals surface area contributed by atoms with Crippen LogP contribution in [0.3, 0.4) is 0 Å². The van der Waals surface area contributed by atoms with E-state index in [0.29, 0.717) is 0 Å². The van der Waals surface area contributed by atoms with Crippen LogP contribution in [-0.2, 0) is 6.54 Å². The minimum Gasteiger partial charge on any atom is -0.370 e. The van der Waals surface area contributed by atoms with E-state index in [1.54, 1.807) is 6.20 Å². The van der Waals surface area contributed by atoms with Gasteiger partial charge in [-0.05, 0) is 19.3 Å². The summed E-state index contributed by atoms with van der Waals surface area (Å²) >= 11 is 0. The molecule has 1 aromatic heterocycles. The van der Waals surface area contributed by atoms with Gasteiger partial charge in [0.25, 0.3) is 5.56 Å². The van der Waals surface area contributed by atoms with Crippen LogP contribution in [0.2, 0.25) is 0 Å². The molecule has 0 unspecified atom stereocenters. The van der Waals surface area contributed by atoms with Gasteiger partial charge in [0.2, 0.25) is 0 Å². The van der Waals surface area contributed by atoms with Gasteiger partial charge in [0.05, 0.1) is 25.0 Å². The maximum Gasteiger partial charge on any atom is 0.401 e. The second-order valence-corrected chi connectivity index (χ2v) is 5.11. The highest BCUT2D eigenvalue weighted by molar-refractivity contribution is 5.43. The second kappa shape index (κ2) is 6.93. The highest BCUT2D eigenvalue weighted by atomic mass is 19.4. The molecular formula is C13H19F3N4O. The molecule has 1 saturated heterocycles. The van der Waals surface area contributed by atoms with Crippen LogP contribution in [0, 0.1) is 0 Å². The Morgan fingerprint density at radius 3 is 2.57 bits per heavy atom. The predicted molar refractivity (Wildman–Crippen MR) is 73.5 cm³/mol. The number of rotatable bonds is 5. The maximum atomic E-state index is 12.0. The van der Waals surface area contributed by atoms with Gasteiger partial charge in [0, 0.05) is 25.7 Å². The fourth-order valence-electron chi connectivity index (χ4n) is 2.33. The smallest absolute Gasteiger partial charge is 0.370 e. The predicted octanol–water partition coefficient (Wildman–Crippen LogP) is 1.39. The van der Waals surface area contributed by atoms with Gasteiger partial charge in [-0.15, -0.1) is 0 Å². The number of hydrogen-bond donors (Lipinski definition) is 1. The lowest BCUT2D eigenvalue weighted by Gasteiger charge is -2.28. The van der Waals surface area contributed by atoms with Crippen molar-refractivity contribution in [3.8, 4) is 0 Å². The van der Waals surface area contributed by atoms with E-state index in [-0.39, 0.29) is 18.6 Å². The Balaban J connectivity index is 1.88. The Morgan fingerprint density at radius 2 is 1.95 bits per heavy atom. The van der Waals surface area contributed by atoms with Crippen LogP contribution >= 0.6 is 0 Å². The van der Waals surface area contributed by atoms with Crippen LogP contribution in [0.15, 0.2) is 17.1 Å². The molecule has 1 aliphatic heterocycles. The summed E-state index contributed by atoms with van der Waals surface area (Å²) in [7, 11) is 0. The second-order valence-electron chi connectivity index (χ2n) is 5.11. The number of anilines is 1. The third-order valence-electron chi connectivity index (χ3n) is 3.40. The van der Waals surface area contributed by atoms with Crippen molar-refractivity contribution in [2.45, 2.75) is 32.0 Å². The van der Waals surface area contributed by atoms with E-state index in [1.807, 2.05) is 0 Å².